The molecule has 138 valence electrons. The van der Waals surface area contributed by atoms with Crippen LogP contribution >= 0.6 is 11.6 Å². The van der Waals surface area contributed by atoms with E-state index >= 15 is 0 Å². The second-order valence-electron chi connectivity index (χ2n) is 6.36. The van der Waals surface area contributed by atoms with E-state index in [9.17, 15) is 4.79 Å². The van der Waals surface area contributed by atoms with Crippen LogP contribution in [0.5, 0.6) is 0 Å². The van der Waals surface area contributed by atoms with E-state index in [1.165, 1.54) is 7.11 Å². The number of fused-ring (bicyclic) bond motifs is 1. The van der Waals surface area contributed by atoms with Crippen LogP contribution in [0, 0.1) is 0 Å². The zero-order valence-corrected chi connectivity index (χ0v) is 15.5. The highest BCUT2D eigenvalue weighted by Gasteiger charge is 2.31. The van der Waals surface area contributed by atoms with Gasteiger partial charge in [-0.05, 0) is 42.3 Å². The maximum Gasteiger partial charge on any atom is 0.313 e. The van der Waals surface area contributed by atoms with Gasteiger partial charge in [-0.3, -0.25) is 4.79 Å². The van der Waals surface area contributed by atoms with Crippen molar-refractivity contribution in [3.63, 3.8) is 0 Å². The molecule has 0 saturated heterocycles. The summed E-state index contributed by atoms with van der Waals surface area (Å²) in [5.41, 5.74) is 2.80. The summed E-state index contributed by atoms with van der Waals surface area (Å²) in [5, 5.41) is 4.72. The minimum Gasteiger partial charge on any atom is -0.469 e. The van der Waals surface area contributed by atoms with Gasteiger partial charge in [0.1, 0.15) is 0 Å². The van der Waals surface area contributed by atoms with E-state index in [-0.39, 0.29) is 11.9 Å². The monoisotopic (exact) mass is 383 g/mol. The van der Waals surface area contributed by atoms with Crippen molar-refractivity contribution in [2.75, 3.05) is 18.6 Å². The molecule has 27 heavy (non-hydrogen) atoms. The molecule has 1 aliphatic rings. The van der Waals surface area contributed by atoms with E-state index in [4.69, 9.17) is 20.9 Å². The predicted molar refractivity (Wildman–Crippen MR) is 102 cm³/mol. The smallest absolute Gasteiger partial charge is 0.313 e. The lowest BCUT2D eigenvalue weighted by Gasteiger charge is -2.33. The molecular weight excluding hydrogens is 366 g/mol. The van der Waals surface area contributed by atoms with Gasteiger partial charge in [0.05, 0.1) is 19.6 Å². The van der Waals surface area contributed by atoms with Crippen molar-refractivity contribution in [2.45, 2.75) is 18.9 Å². The van der Waals surface area contributed by atoms with Crippen LogP contribution in [0.4, 0.5) is 5.69 Å². The number of ether oxygens (including phenoxy) is 1. The first-order valence-corrected chi connectivity index (χ1v) is 9.03. The lowest BCUT2D eigenvalue weighted by atomic mass is 9.90. The molecule has 1 unspecified atom stereocenters. The summed E-state index contributed by atoms with van der Waals surface area (Å²) in [4.78, 5) is 18.7. The number of nitrogens with zero attached hydrogens (tertiary/aromatic N) is 3. The molecule has 0 bridgehead atoms. The highest BCUT2D eigenvalue weighted by atomic mass is 35.5. The van der Waals surface area contributed by atoms with E-state index in [0.717, 1.165) is 16.8 Å². The summed E-state index contributed by atoms with van der Waals surface area (Å²) in [6.07, 6.45) is 0.682. The molecule has 3 aromatic rings. The minimum absolute atomic E-state index is 0.204. The Kier molecular flexibility index (Phi) is 4.81. The number of hydrogen-bond acceptors (Lipinski definition) is 6. The molecular formula is C20H18ClN3O3. The minimum atomic E-state index is -0.241. The van der Waals surface area contributed by atoms with Gasteiger partial charge >= 0.3 is 5.97 Å². The van der Waals surface area contributed by atoms with Gasteiger partial charge in [-0.1, -0.05) is 35.0 Å². The molecule has 2 heterocycles. The Bertz CT molecular complexity index is 955. The van der Waals surface area contributed by atoms with E-state index in [2.05, 4.69) is 15.0 Å². The lowest BCUT2D eigenvalue weighted by Crippen LogP contribution is -2.33. The maximum absolute atomic E-state index is 12.1. The highest BCUT2D eigenvalue weighted by Crippen LogP contribution is 2.36. The summed E-state index contributed by atoms with van der Waals surface area (Å²) < 4.78 is 10.4. The van der Waals surface area contributed by atoms with Crippen molar-refractivity contribution >= 4 is 23.3 Å². The summed E-state index contributed by atoms with van der Waals surface area (Å²) in [7, 11) is 1.42. The Balaban J connectivity index is 1.56. The van der Waals surface area contributed by atoms with Gasteiger partial charge in [0, 0.05) is 22.8 Å². The number of rotatable bonds is 4. The van der Waals surface area contributed by atoms with Crippen LogP contribution in [0.3, 0.4) is 0 Å². The van der Waals surface area contributed by atoms with Crippen molar-refractivity contribution < 1.29 is 14.1 Å². The van der Waals surface area contributed by atoms with Gasteiger partial charge in [0.2, 0.25) is 11.7 Å². The van der Waals surface area contributed by atoms with Crippen molar-refractivity contribution in [2.24, 2.45) is 0 Å². The van der Waals surface area contributed by atoms with Crippen LogP contribution < -0.4 is 4.90 Å². The molecule has 0 radical (unpaired) electrons. The van der Waals surface area contributed by atoms with Gasteiger partial charge in [0.25, 0.3) is 0 Å². The molecule has 0 N–H and O–H groups in total. The van der Waals surface area contributed by atoms with E-state index < -0.39 is 0 Å². The third-order valence-electron chi connectivity index (χ3n) is 4.72. The second-order valence-corrected chi connectivity index (χ2v) is 6.80. The fourth-order valence-electron chi connectivity index (χ4n) is 3.38. The fraction of sp³-hybridized carbons (Fsp3) is 0.250. The van der Waals surface area contributed by atoms with Crippen LogP contribution in [0.25, 0.3) is 11.4 Å². The SMILES string of the molecule is COC(=O)C1CCN(Cc2nc(-c3ccc(Cl)cc3)no2)c2ccccc21. The van der Waals surface area contributed by atoms with Gasteiger partial charge in [-0.2, -0.15) is 4.98 Å². The van der Waals surface area contributed by atoms with Crippen LogP contribution in [-0.2, 0) is 16.1 Å². The van der Waals surface area contributed by atoms with Crippen molar-refractivity contribution in [3.8, 4) is 11.4 Å². The summed E-state index contributed by atoms with van der Waals surface area (Å²) in [5.74, 6) is 0.602. The van der Waals surface area contributed by atoms with E-state index in [1.54, 1.807) is 12.1 Å². The number of para-hydroxylation sites is 1. The van der Waals surface area contributed by atoms with E-state index in [0.29, 0.717) is 36.2 Å². The zero-order valence-electron chi connectivity index (χ0n) is 14.8. The third kappa shape index (κ3) is 3.53. The molecule has 7 heteroatoms. The summed E-state index contributed by atoms with van der Waals surface area (Å²) in [6, 6.07) is 15.2. The number of esters is 1. The first kappa shape index (κ1) is 17.5. The number of carbonyl (C=O) groups excluding carboxylic acids is 1. The molecule has 2 aromatic carbocycles. The quantitative estimate of drug-likeness (QED) is 0.633. The first-order chi connectivity index (χ1) is 13.2. The number of methoxy groups -OCH3 is 1. The Labute approximate surface area is 161 Å². The van der Waals surface area contributed by atoms with Crippen LogP contribution in [0.1, 0.15) is 23.8 Å². The molecule has 0 amide bonds. The number of hydrogen-bond donors (Lipinski definition) is 0. The average molecular weight is 384 g/mol. The van der Waals surface area contributed by atoms with Crippen LogP contribution in [0.2, 0.25) is 5.02 Å². The normalized spacial score (nSPS) is 16.1. The van der Waals surface area contributed by atoms with Gasteiger partial charge in [-0.15, -0.1) is 0 Å². The molecule has 0 aliphatic carbocycles. The Morgan fingerprint density at radius 1 is 1.26 bits per heavy atom. The summed E-state index contributed by atoms with van der Waals surface area (Å²) >= 11 is 5.92. The largest absolute Gasteiger partial charge is 0.469 e. The number of carbonyl (C=O) groups is 1. The predicted octanol–water partition coefficient (Wildman–Crippen LogP) is 4.06. The Hall–Kier alpha value is -2.86. The molecule has 4 rings (SSSR count). The number of aromatic nitrogens is 2. The number of halogens is 1. The van der Waals surface area contributed by atoms with Crippen LogP contribution in [0.15, 0.2) is 53.1 Å². The van der Waals surface area contributed by atoms with Crippen molar-refractivity contribution in [1.29, 1.82) is 0 Å². The third-order valence-corrected chi connectivity index (χ3v) is 4.97. The van der Waals surface area contributed by atoms with Gasteiger partial charge in [0.15, 0.2) is 0 Å². The number of anilines is 1. The fourth-order valence-corrected chi connectivity index (χ4v) is 3.51. The molecule has 1 atom stereocenters. The van der Waals surface area contributed by atoms with Crippen molar-refractivity contribution in [1.82, 2.24) is 10.1 Å². The number of benzene rings is 2. The molecule has 1 aliphatic heterocycles. The molecule has 0 fully saturated rings. The molecule has 0 spiro atoms. The topological polar surface area (TPSA) is 68.5 Å². The molecule has 6 nitrogen and oxygen atoms in total. The average Bonchev–Trinajstić information content (AvgIpc) is 3.17. The summed E-state index contributed by atoms with van der Waals surface area (Å²) in [6.45, 7) is 1.18. The van der Waals surface area contributed by atoms with Crippen molar-refractivity contribution in [3.05, 3.63) is 65.0 Å². The highest BCUT2D eigenvalue weighted by molar-refractivity contribution is 6.30. The lowest BCUT2D eigenvalue weighted by molar-refractivity contribution is -0.142. The zero-order chi connectivity index (χ0) is 18.8. The Morgan fingerprint density at radius 2 is 2.04 bits per heavy atom. The van der Waals surface area contributed by atoms with Crippen LogP contribution in [-0.4, -0.2) is 29.8 Å². The molecule has 0 saturated carbocycles. The Morgan fingerprint density at radius 3 is 2.81 bits per heavy atom. The second kappa shape index (κ2) is 7.40. The standard InChI is InChI=1S/C20H18ClN3O3/c1-26-20(25)16-10-11-24(17-5-3-2-4-15(16)17)12-18-22-19(23-27-18)13-6-8-14(21)9-7-13/h2-9,16H,10-12H2,1H3. The van der Waals surface area contributed by atoms with E-state index in [1.807, 2.05) is 36.4 Å². The molecule has 1 aromatic heterocycles. The van der Waals surface area contributed by atoms with Gasteiger partial charge in [-0.25, -0.2) is 0 Å². The van der Waals surface area contributed by atoms with Gasteiger partial charge < -0.3 is 14.2 Å². The first-order valence-electron chi connectivity index (χ1n) is 8.66. The maximum atomic E-state index is 12.1.